The highest BCUT2D eigenvalue weighted by molar-refractivity contribution is 5.68. The van der Waals surface area contributed by atoms with Gasteiger partial charge in [-0.05, 0) is 17.2 Å². The fourth-order valence-corrected chi connectivity index (χ4v) is 1.43. The molecule has 2 aromatic rings. The molecule has 92 valence electrons. The van der Waals surface area contributed by atoms with Crippen LogP contribution in [0.25, 0.3) is 11.3 Å². The van der Waals surface area contributed by atoms with Crippen molar-refractivity contribution in [3.63, 3.8) is 0 Å². The topological polar surface area (TPSA) is 68.8 Å². The highest BCUT2D eigenvalue weighted by Gasteiger charge is 2.09. The average Bonchev–Trinajstić information content (AvgIpc) is 2.46. The first-order valence-electron chi connectivity index (χ1n) is 5.50. The van der Waals surface area contributed by atoms with E-state index in [4.69, 9.17) is 0 Å². The Kier molecular flexibility index (Phi) is 3.90. The summed E-state index contributed by atoms with van der Waals surface area (Å²) in [6, 6.07) is 5.57. The third-order valence-corrected chi connectivity index (χ3v) is 2.41. The molecule has 0 amide bonds. The Balaban J connectivity index is 2.04. The molecule has 18 heavy (non-hydrogen) atoms. The normalized spacial score (nSPS) is 10.1. The zero-order valence-electron chi connectivity index (χ0n) is 9.98. The van der Waals surface area contributed by atoms with E-state index >= 15 is 0 Å². The van der Waals surface area contributed by atoms with Gasteiger partial charge in [0.15, 0.2) is 12.7 Å². The molecule has 0 aliphatic heterocycles. The number of rotatable bonds is 4. The molecule has 0 aliphatic carbocycles. The molecule has 0 bridgehead atoms. The molecule has 0 spiro atoms. The number of hydrogen-bond acceptors (Lipinski definition) is 5. The highest BCUT2D eigenvalue weighted by Crippen LogP contribution is 2.11. The van der Waals surface area contributed by atoms with Crippen LogP contribution in [0.2, 0.25) is 0 Å². The number of ether oxygens (including phenoxy) is 1. The Labute approximate surface area is 104 Å². The molecule has 0 radical (unpaired) electrons. The van der Waals surface area contributed by atoms with E-state index in [0.29, 0.717) is 13.0 Å². The maximum atomic E-state index is 11.0. The minimum atomic E-state index is -0.248. The summed E-state index contributed by atoms with van der Waals surface area (Å²) >= 11 is 0. The summed E-state index contributed by atoms with van der Waals surface area (Å²) < 4.78 is 6.24. The van der Waals surface area contributed by atoms with Gasteiger partial charge in [0.05, 0.1) is 12.8 Å². The van der Waals surface area contributed by atoms with Crippen molar-refractivity contribution in [2.24, 2.45) is 0 Å². The number of methoxy groups -OCH3 is 1. The van der Waals surface area contributed by atoms with Crippen molar-refractivity contribution >= 4 is 5.97 Å². The smallest absolute Gasteiger partial charge is 0.312 e. The van der Waals surface area contributed by atoms with Crippen LogP contribution in [0, 0.1) is 0 Å². The lowest BCUT2D eigenvalue weighted by Crippen LogP contribution is -2.38. The van der Waals surface area contributed by atoms with Crippen molar-refractivity contribution in [1.82, 2.24) is 15.3 Å². The molecule has 0 saturated heterocycles. The van der Waals surface area contributed by atoms with Crippen LogP contribution < -0.4 is 4.68 Å². The molecule has 6 nitrogen and oxygen atoms in total. The van der Waals surface area contributed by atoms with Gasteiger partial charge in [-0.1, -0.05) is 4.68 Å². The summed E-state index contributed by atoms with van der Waals surface area (Å²) in [5.74, 6) is -0.248. The number of hydrogen-bond donors (Lipinski definition) is 0. The van der Waals surface area contributed by atoms with Gasteiger partial charge in [-0.25, -0.2) is 0 Å². The van der Waals surface area contributed by atoms with Crippen LogP contribution in [-0.4, -0.2) is 28.4 Å². The van der Waals surface area contributed by atoms with Crippen LogP contribution in [0.15, 0.2) is 36.8 Å². The predicted octanol–water partition coefficient (Wildman–Crippen LogP) is 0.389. The first-order valence-corrected chi connectivity index (χ1v) is 5.50. The van der Waals surface area contributed by atoms with E-state index in [0.717, 1.165) is 11.3 Å². The average molecular weight is 245 g/mol. The van der Waals surface area contributed by atoms with Crippen molar-refractivity contribution in [2.75, 3.05) is 7.11 Å². The Morgan fingerprint density at radius 3 is 2.94 bits per heavy atom. The van der Waals surface area contributed by atoms with E-state index in [2.05, 4.69) is 20.0 Å². The molecule has 0 saturated carbocycles. The Bertz CT molecular complexity index is 513. The molecule has 2 heterocycles. The second-order valence-electron chi connectivity index (χ2n) is 3.61. The summed E-state index contributed by atoms with van der Waals surface area (Å²) in [4.78, 5) is 11.0. The van der Waals surface area contributed by atoms with Gasteiger partial charge in [0, 0.05) is 17.8 Å². The van der Waals surface area contributed by atoms with Gasteiger partial charge in [-0.2, -0.15) is 10.2 Å². The number of nitrogens with zero attached hydrogens (tertiary/aromatic N) is 4. The Morgan fingerprint density at radius 1 is 1.44 bits per heavy atom. The van der Waals surface area contributed by atoms with E-state index in [1.54, 1.807) is 23.3 Å². The van der Waals surface area contributed by atoms with Gasteiger partial charge >= 0.3 is 5.97 Å². The van der Waals surface area contributed by atoms with Gasteiger partial charge in [0.2, 0.25) is 0 Å². The zero-order valence-corrected chi connectivity index (χ0v) is 9.98. The van der Waals surface area contributed by atoms with Gasteiger partial charge in [-0.3, -0.25) is 4.79 Å². The lowest BCUT2D eigenvalue weighted by molar-refractivity contribution is -0.752. The zero-order chi connectivity index (χ0) is 12.8. The lowest BCUT2D eigenvalue weighted by atomic mass is 10.2. The van der Waals surface area contributed by atoms with Gasteiger partial charge in [-0.15, -0.1) is 0 Å². The second kappa shape index (κ2) is 5.81. The minimum Gasteiger partial charge on any atom is -0.469 e. The minimum absolute atomic E-state index is 0.248. The first kappa shape index (κ1) is 12.1. The number of carbonyl (C=O) groups is 1. The van der Waals surface area contributed by atoms with Crippen LogP contribution in [-0.2, 0) is 16.1 Å². The van der Waals surface area contributed by atoms with Crippen LogP contribution >= 0.6 is 0 Å². The number of esters is 1. The Morgan fingerprint density at radius 2 is 2.33 bits per heavy atom. The van der Waals surface area contributed by atoms with Gasteiger partial charge in [0.25, 0.3) is 0 Å². The molecule has 0 atom stereocenters. The first-order chi connectivity index (χ1) is 8.79. The second-order valence-corrected chi connectivity index (χ2v) is 3.61. The molecule has 2 aromatic heterocycles. The number of carbonyl (C=O) groups excluding carboxylic acids is 1. The predicted molar refractivity (Wildman–Crippen MR) is 62.1 cm³/mol. The summed E-state index contributed by atoms with van der Waals surface area (Å²) in [7, 11) is 1.37. The largest absolute Gasteiger partial charge is 0.469 e. The van der Waals surface area contributed by atoms with Crippen molar-refractivity contribution in [3.8, 4) is 11.3 Å². The summed E-state index contributed by atoms with van der Waals surface area (Å²) in [6.45, 7) is 0.493. The van der Waals surface area contributed by atoms with Crippen molar-refractivity contribution in [3.05, 3.63) is 36.8 Å². The lowest BCUT2D eigenvalue weighted by Gasteiger charge is -1.97. The van der Waals surface area contributed by atoms with Gasteiger partial charge in [0.1, 0.15) is 12.6 Å². The van der Waals surface area contributed by atoms with Crippen LogP contribution in [0.3, 0.4) is 0 Å². The van der Waals surface area contributed by atoms with Crippen molar-refractivity contribution < 1.29 is 14.2 Å². The third kappa shape index (κ3) is 3.07. The van der Waals surface area contributed by atoms with Crippen LogP contribution in [0.1, 0.15) is 6.42 Å². The van der Waals surface area contributed by atoms with Crippen LogP contribution in [0.5, 0.6) is 0 Å². The van der Waals surface area contributed by atoms with Crippen molar-refractivity contribution in [1.29, 1.82) is 0 Å². The van der Waals surface area contributed by atoms with E-state index in [1.165, 1.54) is 7.11 Å². The summed E-state index contributed by atoms with van der Waals surface area (Å²) in [5.41, 5.74) is 1.66. The number of aryl methyl sites for hydroxylation is 1. The molecule has 0 fully saturated rings. The standard InChI is InChI=1S/C12H13N4O2/c1-18-12(17)5-8-16-7-4-10(9-14-16)11-3-2-6-13-15-11/h2-4,6-7,9H,5,8H2,1H3/q+1. The maximum absolute atomic E-state index is 11.0. The SMILES string of the molecule is COC(=O)CC[n+]1ccc(-c2cccnn2)cn1. The molecule has 0 aromatic carbocycles. The molecule has 0 N–H and O–H groups in total. The van der Waals surface area contributed by atoms with Crippen LogP contribution in [0.4, 0.5) is 0 Å². The van der Waals surface area contributed by atoms with E-state index in [9.17, 15) is 4.79 Å². The Hall–Kier alpha value is -2.37. The highest BCUT2D eigenvalue weighted by atomic mass is 16.5. The fraction of sp³-hybridized carbons (Fsp3) is 0.250. The van der Waals surface area contributed by atoms with E-state index < -0.39 is 0 Å². The molecular formula is C12H13N4O2+. The fourth-order valence-electron chi connectivity index (χ4n) is 1.43. The van der Waals surface area contributed by atoms with Gasteiger partial charge < -0.3 is 4.74 Å². The maximum Gasteiger partial charge on any atom is 0.312 e. The molecular weight excluding hydrogens is 232 g/mol. The van der Waals surface area contributed by atoms with E-state index in [1.807, 2.05) is 18.2 Å². The molecule has 0 aliphatic rings. The number of aromatic nitrogens is 4. The third-order valence-electron chi connectivity index (χ3n) is 2.41. The monoisotopic (exact) mass is 245 g/mol. The molecule has 6 heteroatoms. The molecule has 0 unspecified atom stereocenters. The quantitative estimate of drug-likeness (QED) is 0.575. The van der Waals surface area contributed by atoms with E-state index in [-0.39, 0.29) is 5.97 Å². The summed E-state index contributed by atoms with van der Waals surface area (Å²) in [6.07, 6.45) is 5.42. The molecule has 2 rings (SSSR count). The van der Waals surface area contributed by atoms with Crippen molar-refractivity contribution in [2.45, 2.75) is 13.0 Å². The summed E-state index contributed by atoms with van der Waals surface area (Å²) in [5, 5.41) is 12.0.